The van der Waals surface area contributed by atoms with E-state index >= 15 is 0 Å². The smallest absolute Gasteiger partial charge is 0.0233 e. The molecule has 0 nitrogen and oxygen atoms in total. The fourth-order valence-corrected chi connectivity index (χ4v) is 4.17. The van der Waals surface area contributed by atoms with Crippen molar-refractivity contribution in [2.45, 2.75) is 75.2 Å². The summed E-state index contributed by atoms with van der Waals surface area (Å²) in [6, 6.07) is 0. The van der Waals surface area contributed by atoms with Crippen LogP contribution >= 0.6 is 7.92 Å². The van der Waals surface area contributed by atoms with Crippen LogP contribution in [0.5, 0.6) is 0 Å². The van der Waals surface area contributed by atoms with Crippen molar-refractivity contribution in [1.29, 1.82) is 0 Å². The van der Waals surface area contributed by atoms with E-state index in [4.69, 9.17) is 0 Å². The quantitative estimate of drug-likeness (QED) is 0.300. The van der Waals surface area contributed by atoms with E-state index < -0.39 is 7.92 Å². The fraction of sp³-hybridized carbons (Fsp3) is 0.700. The molecule has 0 fully saturated rings. The van der Waals surface area contributed by atoms with Gasteiger partial charge in [-0.1, -0.05) is 57.2 Å². The second-order valence-corrected chi connectivity index (χ2v) is 9.81. The number of unbranched alkanes of at least 4 members (excludes halogenated alkanes) is 1. The van der Waals surface area contributed by atoms with Crippen molar-refractivity contribution in [2.75, 3.05) is 6.16 Å². The third-order valence-electron chi connectivity index (χ3n) is 2.71. The lowest BCUT2D eigenvalue weighted by molar-refractivity contribution is 0.532. The second kappa shape index (κ2) is 8.66. The maximum absolute atomic E-state index is 3.59. The van der Waals surface area contributed by atoms with E-state index in [1.54, 1.807) is 0 Å². The molecule has 0 aliphatic carbocycles. The van der Waals surface area contributed by atoms with Crippen LogP contribution in [0.4, 0.5) is 0 Å². The minimum Gasteiger partial charge on any atom is -0.0924 e. The molecule has 1 heteroatoms. The van der Waals surface area contributed by atoms with Gasteiger partial charge in [-0.2, -0.15) is 0 Å². The van der Waals surface area contributed by atoms with Crippen molar-refractivity contribution in [1.82, 2.24) is 0 Å². The summed E-state index contributed by atoms with van der Waals surface area (Å²) in [4.78, 5) is 0. The standard InChI is InChI=1S/C20H33P/c1-10-11-15-21(16-14-19(4,5)6)18(20(7,8)9)13-12-17(2)3/h10-11,15H2,1-9H3. The van der Waals surface area contributed by atoms with E-state index in [0.29, 0.717) is 0 Å². The van der Waals surface area contributed by atoms with Gasteiger partial charge in [-0.05, 0) is 58.2 Å². The minimum atomic E-state index is -0.444. The van der Waals surface area contributed by atoms with Gasteiger partial charge >= 0.3 is 0 Å². The minimum absolute atomic E-state index is 0.0655. The summed E-state index contributed by atoms with van der Waals surface area (Å²) in [6.45, 7) is 19.7. The molecule has 0 rings (SSSR count). The normalized spacial score (nSPS) is 12.6. The Bertz CT molecular complexity index is 481. The summed E-state index contributed by atoms with van der Waals surface area (Å²) in [6.07, 6.45) is 3.64. The molecule has 0 aromatic carbocycles. The Labute approximate surface area is 134 Å². The maximum Gasteiger partial charge on any atom is 0.0233 e. The Hall–Kier alpha value is -0.710. The highest BCUT2D eigenvalue weighted by Crippen LogP contribution is 2.52. The molecule has 0 radical (unpaired) electrons. The van der Waals surface area contributed by atoms with Gasteiger partial charge in [0.25, 0.3) is 0 Å². The molecule has 0 aliphatic heterocycles. The van der Waals surface area contributed by atoms with Crippen LogP contribution in [-0.4, -0.2) is 6.16 Å². The third-order valence-corrected chi connectivity index (χ3v) is 5.18. The Morgan fingerprint density at radius 3 is 1.90 bits per heavy atom. The van der Waals surface area contributed by atoms with Gasteiger partial charge in [0.15, 0.2) is 0 Å². The Morgan fingerprint density at radius 2 is 1.52 bits per heavy atom. The Kier molecular flexibility index (Phi) is 8.37. The molecule has 21 heavy (non-hydrogen) atoms. The van der Waals surface area contributed by atoms with Crippen LogP contribution in [-0.2, 0) is 0 Å². The van der Waals surface area contributed by atoms with Crippen molar-refractivity contribution in [2.24, 2.45) is 10.8 Å². The summed E-state index contributed by atoms with van der Waals surface area (Å²) in [5, 5.41) is 1.35. The summed E-state index contributed by atoms with van der Waals surface area (Å²) >= 11 is 0. The summed E-state index contributed by atoms with van der Waals surface area (Å²) in [7, 11) is -0.444. The molecule has 0 bridgehead atoms. The van der Waals surface area contributed by atoms with E-state index in [1.165, 1.54) is 29.9 Å². The summed E-state index contributed by atoms with van der Waals surface area (Å²) < 4.78 is 0. The molecular weight excluding hydrogens is 271 g/mol. The van der Waals surface area contributed by atoms with Gasteiger partial charge in [-0.15, -0.1) is 0 Å². The molecule has 0 saturated carbocycles. The van der Waals surface area contributed by atoms with E-state index in [1.807, 2.05) is 0 Å². The molecule has 1 unspecified atom stereocenters. The highest BCUT2D eigenvalue weighted by Gasteiger charge is 2.24. The molecule has 118 valence electrons. The predicted octanol–water partition coefficient (Wildman–Crippen LogP) is 6.93. The molecule has 0 aromatic heterocycles. The summed E-state index contributed by atoms with van der Waals surface area (Å²) in [5.41, 5.74) is 11.7. The molecule has 0 amide bonds. The van der Waals surface area contributed by atoms with Crippen molar-refractivity contribution in [3.8, 4) is 11.6 Å². The lowest BCUT2D eigenvalue weighted by atomic mass is 9.96. The van der Waals surface area contributed by atoms with Crippen LogP contribution in [0.1, 0.15) is 75.2 Å². The number of rotatable bonds is 4. The van der Waals surface area contributed by atoms with E-state index in [-0.39, 0.29) is 10.8 Å². The van der Waals surface area contributed by atoms with Crippen molar-refractivity contribution >= 4 is 7.92 Å². The van der Waals surface area contributed by atoms with Gasteiger partial charge in [0.2, 0.25) is 0 Å². The van der Waals surface area contributed by atoms with Crippen LogP contribution in [0.2, 0.25) is 0 Å². The first-order chi connectivity index (χ1) is 9.47. The molecule has 1 atom stereocenters. The Balaban J connectivity index is 5.87. The second-order valence-electron chi connectivity index (χ2n) is 7.84. The number of allylic oxidation sites excluding steroid dienone is 2. The first kappa shape index (κ1) is 20.3. The largest absolute Gasteiger partial charge is 0.0924 e. The first-order valence-corrected chi connectivity index (χ1v) is 9.50. The average molecular weight is 304 g/mol. The highest BCUT2D eigenvalue weighted by molar-refractivity contribution is 7.67. The SMILES string of the molecule is CCCCP(C#CC(C)(C)C)C(=C=C=C(C)C)C(C)(C)C. The van der Waals surface area contributed by atoms with E-state index in [0.717, 1.165) is 0 Å². The van der Waals surface area contributed by atoms with Crippen LogP contribution in [0.15, 0.2) is 22.3 Å². The molecule has 0 spiro atoms. The third kappa shape index (κ3) is 9.77. The summed E-state index contributed by atoms with van der Waals surface area (Å²) in [5.74, 6) is 3.45. The highest BCUT2D eigenvalue weighted by atomic mass is 31.1. The van der Waals surface area contributed by atoms with Gasteiger partial charge in [0.1, 0.15) is 0 Å². The molecule has 0 aliphatic rings. The maximum atomic E-state index is 3.59. The van der Waals surface area contributed by atoms with Crippen LogP contribution < -0.4 is 0 Å². The number of hydrogen-bond acceptors (Lipinski definition) is 0. The molecular formula is C20H33P. The average Bonchev–Trinajstić information content (AvgIpc) is 2.28. The first-order valence-electron chi connectivity index (χ1n) is 7.97. The van der Waals surface area contributed by atoms with Crippen LogP contribution in [0.3, 0.4) is 0 Å². The van der Waals surface area contributed by atoms with Crippen molar-refractivity contribution in [3.05, 3.63) is 22.3 Å². The predicted molar refractivity (Wildman–Crippen MR) is 98.8 cm³/mol. The molecule has 0 heterocycles. The van der Waals surface area contributed by atoms with Gasteiger partial charge in [-0.25, -0.2) is 0 Å². The lowest BCUT2D eigenvalue weighted by Gasteiger charge is -2.26. The molecule has 0 saturated heterocycles. The van der Waals surface area contributed by atoms with Crippen LogP contribution in [0, 0.1) is 22.4 Å². The van der Waals surface area contributed by atoms with Crippen LogP contribution in [0.25, 0.3) is 0 Å². The molecule has 0 N–H and O–H groups in total. The van der Waals surface area contributed by atoms with Gasteiger partial charge in [0, 0.05) is 18.7 Å². The van der Waals surface area contributed by atoms with E-state index in [9.17, 15) is 0 Å². The van der Waals surface area contributed by atoms with Gasteiger partial charge < -0.3 is 0 Å². The zero-order chi connectivity index (χ0) is 16.7. The van der Waals surface area contributed by atoms with Gasteiger partial charge in [-0.3, -0.25) is 0 Å². The van der Waals surface area contributed by atoms with Gasteiger partial charge in [0.05, 0.1) is 0 Å². The monoisotopic (exact) mass is 304 g/mol. The number of hydrogen-bond donors (Lipinski definition) is 0. The van der Waals surface area contributed by atoms with Crippen molar-refractivity contribution in [3.63, 3.8) is 0 Å². The fourth-order valence-electron chi connectivity index (χ4n) is 1.62. The Morgan fingerprint density at radius 1 is 0.952 bits per heavy atom. The van der Waals surface area contributed by atoms with E-state index in [2.05, 4.69) is 85.4 Å². The lowest BCUT2D eigenvalue weighted by Crippen LogP contribution is -2.09. The van der Waals surface area contributed by atoms with Crippen molar-refractivity contribution < 1.29 is 0 Å². The molecule has 0 aromatic rings. The zero-order valence-electron chi connectivity index (χ0n) is 15.6. The topological polar surface area (TPSA) is 0 Å². The zero-order valence-corrected chi connectivity index (χ0v) is 16.5.